The predicted octanol–water partition coefficient (Wildman–Crippen LogP) is 5.64. The summed E-state index contributed by atoms with van der Waals surface area (Å²) in [6.07, 6.45) is -2.07. The molecule has 5 rings (SSSR count). The molecule has 0 radical (unpaired) electrons. The van der Waals surface area contributed by atoms with E-state index in [-0.39, 0.29) is 23.9 Å². The lowest BCUT2D eigenvalue weighted by Crippen LogP contribution is -2.15. The van der Waals surface area contributed by atoms with E-state index in [2.05, 4.69) is 28.8 Å². The lowest BCUT2D eigenvalue weighted by Gasteiger charge is -2.11. The Bertz CT molecular complexity index is 1610. The van der Waals surface area contributed by atoms with E-state index in [0.717, 1.165) is 22.9 Å². The number of fused-ring (bicyclic) bond motifs is 1. The minimum atomic E-state index is -4.52. The molecule has 0 spiro atoms. The number of oxazole rings is 1. The molecule has 7 nitrogen and oxygen atoms in total. The minimum absolute atomic E-state index is 0.169. The average molecular weight is 493 g/mol. The van der Waals surface area contributed by atoms with E-state index in [0.29, 0.717) is 17.0 Å². The second-order valence-corrected chi connectivity index (χ2v) is 8.83. The van der Waals surface area contributed by atoms with Crippen molar-refractivity contribution in [1.29, 1.82) is 0 Å². The van der Waals surface area contributed by atoms with Gasteiger partial charge in [-0.2, -0.15) is 13.2 Å². The molecule has 0 aliphatic rings. The standard InChI is InChI=1S/C26H22F3N5O2/c1-15(2)18-6-4-5-7-19(18)22-30-12-20-24(32-22)34(25(35)36-20)13-16-8-10-17(11-9-16)23-31-21(14-33(23)3)26(27,28)29/h4-12,14-15H,13H2,1-3H3. The Morgan fingerprint density at radius 3 is 2.42 bits per heavy atom. The van der Waals surface area contributed by atoms with Gasteiger partial charge in [-0.15, -0.1) is 0 Å². The first-order valence-corrected chi connectivity index (χ1v) is 11.3. The van der Waals surface area contributed by atoms with Crippen molar-refractivity contribution < 1.29 is 17.6 Å². The maximum Gasteiger partial charge on any atom is 0.434 e. The fourth-order valence-electron chi connectivity index (χ4n) is 4.15. The number of alkyl halides is 3. The van der Waals surface area contributed by atoms with E-state index in [4.69, 9.17) is 4.42 Å². The number of benzene rings is 2. The van der Waals surface area contributed by atoms with Crippen molar-refractivity contribution in [3.05, 3.63) is 88.3 Å². The number of nitrogens with zero attached hydrogens (tertiary/aromatic N) is 5. The van der Waals surface area contributed by atoms with Crippen LogP contribution in [0.25, 0.3) is 34.0 Å². The van der Waals surface area contributed by atoms with Gasteiger partial charge in [-0.3, -0.25) is 4.57 Å². The summed E-state index contributed by atoms with van der Waals surface area (Å²) < 4.78 is 47.1. The smallest absolute Gasteiger partial charge is 0.404 e. The molecule has 0 unspecified atom stereocenters. The SMILES string of the molecule is CC(C)c1ccccc1-c1ncc2oc(=O)n(Cc3ccc(-c4nc(C(F)(F)F)cn4C)cc3)c2n1. The van der Waals surface area contributed by atoms with Crippen LogP contribution in [0, 0.1) is 0 Å². The van der Waals surface area contributed by atoms with Gasteiger partial charge in [-0.1, -0.05) is 62.4 Å². The number of halogens is 3. The summed E-state index contributed by atoms with van der Waals surface area (Å²) in [5.41, 5.74) is 2.93. The number of aromatic nitrogens is 5. The summed E-state index contributed by atoms with van der Waals surface area (Å²) in [5.74, 6) is 0.376. The van der Waals surface area contributed by atoms with Crippen LogP contribution < -0.4 is 5.76 Å². The molecule has 0 fully saturated rings. The van der Waals surface area contributed by atoms with Crippen LogP contribution in [0.5, 0.6) is 0 Å². The van der Waals surface area contributed by atoms with E-state index >= 15 is 0 Å². The second kappa shape index (κ2) is 8.78. The zero-order chi connectivity index (χ0) is 25.6. The first-order valence-electron chi connectivity index (χ1n) is 11.3. The molecular formula is C26H22F3N5O2. The molecule has 3 aromatic heterocycles. The fraction of sp³-hybridized carbons (Fsp3) is 0.231. The van der Waals surface area contributed by atoms with Gasteiger partial charge in [-0.25, -0.2) is 19.7 Å². The van der Waals surface area contributed by atoms with Gasteiger partial charge in [0.25, 0.3) is 0 Å². The number of imidazole rings is 1. The average Bonchev–Trinajstić information content (AvgIpc) is 3.39. The molecular weight excluding hydrogens is 471 g/mol. The number of hydrogen-bond donors (Lipinski definition) is 0. The largest absolute Gasteiger partial charge is 0.434 e. The van der Waals surface area contributed by atoms with E-state index in [9.17, 15) is 18.0 Å². The molecule has 10 heteroatoms. The first-order chi connectivity index (χ1) is 17.1. The van der Waals surface area contributed by atoms with Gasteiger partial charge in [0.1, 0.15) is 5.82 Å². The highest BCUT2D eigenvalue weighted by Gasteiger charge is 2.34. The molecule has 2 aromatic carbocycles. The highest BCUT2D eigenvalue weighted by molar-refractivity contribution is 5.72. The summed E-state index contributed by atoms with van der Waals surface area (Å²) in [7, 11) is 1.51. The van der Waals surface area contributed by atoms with Crippen LogP contribution in [0.1, 0.15) is 36.6 Å². The van der Waals surface area contributed by atoms with Crippen molar-refractivity contribution in [2.24, 2.45) is 7.05 Å². The minimum Gasteiger partial charge on any atom is -0.404 e. The normalized spacial score (nSPS) is 12.1. The maximum atomic E-state index is 13.0. The summed E-state index contributed by atoms with van der Waals surface area (Å²) >= 11 is 0. The van der Waals surface area contributed by atoms with Gasteiger partial charge >= 0.3 is 11.9 Å². The first kappa shape index (κ1) is 23.5. The van der Waals surface area contributed by atoms with Gasteiger partial charge in [0.15, 0.2) is 22.7 Å². The van der Waals surface area contributed by atoms with Crippen LogP contribution in [0.3, 0.4) is 0 Å². The molecule has 0 saturated heterocycles. The van der Waals surface area contributed by atoms with E-state index in [1.54, 1.807) is 24.3 Å². The van der Waals surface area contributed by atoms with E-state index in [1.807, 2.05) is 24.3 Å². The maximum absolute atomic E-state index is 13.0. The van der Waals surface area contributed by atoms with Crippen molar-refractivity contribution in [2.45, 2.75) is 32.5 Å². The Labute approximate surface area is 203 Å². The van der Waals surface area contributed by atoms with E-state index in [1.165, 1.54) is 22.4 Å². The number of hydrogen-bond acceptors (Lipinski definition) is 5. The van der Waals surface area contributed by atoms with Gasteiger partial charge in [0.05, 0.1) is 12.7 Å². The van der Waals surface area contributed by atoms with Crippen molar-refractivity contribution in [3.63, 3.8) is 0 Å². The van der Waals surface area contributed by atoms with E-state index < -0.39 is 17.6 Å². The molecule has 0 aliphatic carbocycles. The lowest BCUT2D eigenvalue weighted by molar-refractivity contribution is -0.140. The van der Waals surface area contributed by atoms with Crippen LogP contribution in [0.2, 0.25) is 0 Å². The van der Waals surface area contributed by atoms with Crippen molar-refractivity contribution in [2.75, 3.05) is 0 Å². The summed E-state index contributed by atoms with van der Waals surface area (Å²) in [5, 5.41) is 0. The van der Waals surface area contributed by atoms with Crippen LogP contribution in [0.4, 0.5) is 13.2 Å². The summed E-state index contributed by atoms with van der Waals surface area (Å²) in [6.45, 7) is 4.34. The molecule has 36 heavy (non-hydrogen) atoms. The Hall–Kier alpha value is -4.21. The summed E-state index contributed by atoms with van der Waals surface area (Å²) in [4.78, 5) is 25.4. The lowest BCUT2D eigenvalue weighted by atomic mass is 9.97. The Balaban J connectivity index is 1.48. The monoisotopic (exact) mass is 493 g/mol. The second-order valence-electron chi connectivity index (χ2n) is 8.83. The number of rotatable bonds is 5. The number of aryl methyl sites for hydroxylation is 1. The van der Waals surface area contributed by atoms with Crippen LogP contribution in [-0.2, 0) is 19.8 Å². The Morgan fingerprint density at radius 2 is 1.75 bits per heavy atom. The molecule has 5 aromatic rings. The van der Waals surface area contributed by atoms with Gasteiger partial charge in [0, 0.05) is 24.4 Å². The molecule has 0 aliphatic heterocycles. The molecule has 0 saturated carbocycles. The van der Waals surface area contributed by atoms with Crippen molar-refractivity contribution >= 4 is 11.2 Å². The molecule has 0 N–H and O–H groups in total. The molecule has 184 valence electrons. The topological polar surface area (TPSA) is 78.7 Å². The quantitative estimate of drug-likeness (QED) is 0.317. The fourth-order valence-corrected chi connectivity index (χ4v) is 4.15. The zero-order valence-corrected chi connectivity index (χ0v) is 19.7. The molecule has 0 atom stereocenters. The van der Waals surface area contributed by atoms with Crippen LogP contribution >= 0.6 is 0 Å². The van der Waals surface area contributed by atoms with Gasteiger partial charge < -0.3 is 8.98 Å². The van der Waals surface area contributed by atoms with Crippen molar-refractivity contribution in [3.8, 4) is 22.8 Å². The molecule has 0 bridgehead atoms. The Kier molecular flexibility index (Phi) is 5.74. The third kappa shape index (κ3) is 4.30. The highest BCUT2D eigenvalue weighted by Crippen LogP contribution is 2.31. The summed E-state index contributed by atoms with van der Waals surface area (Å²) in [6, 6.07) is 14.7. The third-order valence-electron chi connectivity index (χ3n) is 5.95. The van der Waals surface area contributed by atoms with Crippen molar-refractivity contribution in [1.82, 2.24) is 24.1 Å². The van der Waals surface area contributed by atoms with Gasteiger partial charge in [-0.05, 0) is 17.0 Å². The molecule has 3 heterocycles. The molecule has 0 amide bonds. The zero-order valence-electron chi connectivity index (χ0n) is 19.7. The van der Waals surface area contributed by atoms with Crippen LogP contribution in [-0.4, -0.2) is 24.1 Å². The highest BCUT2D eigenvalue weighted by atomic mass is 19.4. The van der Waals surface area contributed by atoms with Crippen LogP contribution in [0.15, 0.2) is 70.1 Å². The third-order valence-corrected chi connectivity index (χ3v) is 5.95. The van der Waals surface area contributed by atoms with Gasteiger partial charge in [0.2, 0.25) is 0 Å². The Morgan fingerprint density at radius 1 is 1.03 bits per heavy atom. The predicted molar refractivity (Wildman–Crippen MR) is 128 cm³/mol.